The van der Waals surface area contributed by atoms with Gasteiger partial charge in [0.25, 0.3) is 0 Å². The summed E-state index contributed by atoms with van der Waals surface area (Å²) < 4.78 is 11.7. The lowest BCUT2D eigenvalue weighted by molar-refractivity contribution is -0.810. The van der Waals surface area contributed by atoms with Crippen LogP contribution in [0.2, 0.25) is 0 Å². The maximum absolute atomic E-state index is 10.9. The van der Waals surface area contributed by atoms with Gasteiger partial charge in [0.15, 0.2) is 0 Å². The largest absolute Gasteiger partial charge is 0.538 e. The molecule has 1 aliphatic carbocycles. The molecule has 0 aromatic heterocycles. The summed E-state index contributed by atoms with van der Waals surface area (Å²) in [5.41, 5.74) is 0. The van der Waals surface area contributed by atoms with E-state index in [0.29, 0.717) is 6.04 Å². The highest BCUT2D eigenvalue weighted by Gasteiger charge is 2.28. The van der Waals surface area contributed by atoms with E-state index in [4.69, 9.17) is 0 Å². The summed E-state index contributed by atoms with van der Waals surface area (Å²) in [6.07, 6.45) is 6.62. The minimum atomic E-state index is -0.656. The first-order valence-electron chi connectivity index (χ1n) is 4.46. The zero-order valence-corrected chi connectivity index (χ0v) is 8.70. The first-order valence-corrected chi connectivity index (χ1v) is 5.45. The molecule has 0 unspecified atom stereocenters. The van der Waals surface area contributed by atoms with E-state index in [1.807, 2.05) is 0 Å². The Bertz CT molecular complexity index is 141. The molecular formula is C8H18NOSi+. The second kappa shape index (κ2) is 3.58. The van der Waals surface area contributed by atoms with Crippen molar-refractivity contribution >= 4 is 9.57 Å². The van der Waals surface area contributed by atoms with Crippen LogP contribution in [0.1, 0.15) is 32.1 Å². The molecule has 1 rings (SSSR count). The number of quaternary nitrogens is 1. The molecule has 0 heterocycles. The molecule has 1 fully saturated rings. The van der Waals surface area contributed by atoms with Gasteiger partial charge in [-0.15, -0.1) is 0 Å². The number of hydrogen-bond acceptors (Lipinski definition) is 1. The summed E-state index contributed by atoms with van der Waals surface area (Å²) in [4.78, 5) is 0. The van der Waals surface area contributed by atoms with Gasteiger partial charge in [0.1, 0.15) is 0 Å². The van der Waals surface area contributed by atoms with Gasteiger partial charge in [-0.05, 0) is 25.7 Å². The predicted octanol–water partition coefficient (Wildman–Crippen LogP) is 1.09. The standard InChI is InChI=1S/C8H18NOSi/c1-9(2,11-10)8-6-4-3-5-7-8/h8,11H,3-7H2,1-2H3/q+1. The zero-order chi connectivity index (χ0) is 8.32. The molecule has 0 spiro atoms. The summed E-state index contributed by atoms with van der Waals surface area (Å²) in [5, 5.41) is 0. The Balaban J connectivity index is 2.50. The van der Waals surface area contributed by atoms with Crippen molar-refractivity contribution in [2.75, 3.05) is 14.1 Å². The van der Waals surface area contributed by atoms with Crippen molar-refractivity contribution in [2.24, 2.45) is 0 Å². The van der Waals surface area contributed by atoms with Crippen molar-refractivity contribution in [1.82, 2.24) is 0 Å². The van der Waals surface area contributed by atoms with Gasteiger partial charge in [-0.2, -0.15) is 0 Å². The van der Waals surface area contributed by atoms with Gasteiger partial charge in [0.2, 0.25) is 0 Å². The molecule has 0 amide bonds. The second-order valence-electron chi connectivity index (χ2n) is 4.03. The molecule has 64 valence electrons. The average molecular weight is 172 g/mol. The van der Waals surface area contributed by atoms with Crippen LogP contribution < -0.4 is 0 Å². The van der Waals surface area contributed by atoms with Crippen molar-refractivity contribution in [1.29, 1.82) is 0 Å². The van der Waals surface area contributed by atoms with E-state index in [2.05, 4.69) is 14.1 Å². The van der Waals surface area contributed by atoms with Crippen LogP contribution in [0.25, 0.3) is 0 Å². The summed E-state index contributed by atoms with van der Waals surface area (Å²) in [7, 11) is 3.53. The molecule has 1 saturated carbocycles. The fourth-order valence-electron chi connectivity index (χ4n) is 1.83. The van der Waals surface area contributed by atoms with E-state index < -0.39 is 9.57 Å². The minimum absolute atomic E-state index is 0.656. The molecule has 0 saturated heterocycles. The first kappa shape index (κ1) is 9.07. The molecule has 2 nitrogen and oxygen atoms in total. The van der Waals surface area contributed by atoms with Gasteiger partial charge in [-0.25, -0.2) is 0 Å². The van der Waals surface area contributed by atoms with E-state index in [0.717, 1.165) is 4.15 Å². The molecule has 0 atom stereocenters. The molecule has 3 heteroatoms. The third-order valence-corrected chi connectivity index (χ3v) is 3.75. The Morgan fingerprint density at radius 3 is 2.18 bits per heavy atom. The van der Waals surface area contributed by atoms with Crippen LogP contribution in [0, 0.1) is 0 Å². The van der Waals surface area contributed by atoms with Crippen LogP contribution >= 0.6 is 0 Å². The lowest BCUT2D eigenvalue weighted by Gasteiger charge is -2.35. The maximum Gasteiger partial charge on any atom is 0.538 e. The fourth-order valence-corrected chi connectivity index (χ4v) is 2.30. The average Bonchev–Trinajstić information content (AvgIpc) is 2.06. The quantitative estimate of drug-likeness (QED) is 0.570. The highest BCUT2D eigenvalue weighted by atomic mass is 28.2. The highest BCUT2D eigenvalue weighted by molar-refractivity contribution is 6.06. The topological polar surface area (TPSA) is 17.1 Å². The van der Waals surface area contributed by atoms with Crippen LogP contribution in [-0.2, 0) is 4.46 Å². The number of hydrogen-bond donors (Lipinski definition) is 0. The van der Waals surface area contributed by atoms with Crippen LogP contribution in [0.4, 0.5) is 0 Å². The lowest BCUT2D eigenvalue weighted by Crippen LogP contribution is -2.49. The van der Waals surface area contributed by atoms with Gasteiger partial charge in [-0.1, -0.05) is 6.42 Å². The SMILES string of the molecule is C[N+](C)([SiH]=O)C1CCCCC1. The van der Waals surface area contributed by atoms with Gasteiger partial charge >= 0.3 is 9.57 Å². The molecule has 11 heavy (non-hydrogen) atoms. The van der Waals surface area contributed by atoms with Crippen LogP contribution in [0.5, 0.6) is 0 Å². The van der Waals surface area contributed by atoms with E-state index in [9.17, 15) is 4.46 Å². The smallest absolute Gasteiger partial charge is 0.332 e. The second-order valence-corrected chi connectivity index (χ2v) is 5.57. The molecule has 1 aliphatic rings. The Kier molecular flexibility index (Phi) is 2.95. The Labute approximate surface area is 71.1 Å². The van der Waals surface area contributed by atoms with Gasteiger partial charge in [0.05, 0.1) is 20.1 Å². The molecule has 0 aliphatic heterocycles. The molecule has 0 radical (unpaired) electrons. The monoisotopic (exact) mass is 172 g/mol. The van der Waals surface area contributed by atoms with E-state index >= 15 is 0 Å². The maximum atomic E-state index is 10.9. The molecular weight excluding hydrogens is 154 g/mol. The molecule has 0 bridgehead atoms. The number of rotatable bonds is 2. The third kappa shape index (κ3) is 2.20. The van der Waals surface area contributed by atoms with Crippen molar-refractivity contribution in [2.45, 2.75) is 38.1 Å². The minimum Gasteiger partial charge on any atom is -0.332 e. The number of nitrogens with zero attached hydrogens (tertiary/aromatic N) is 1. The summed E-state index contributed by atoms with van der Waals surface area (Å²) in [6.45, 7) is 0. The predicted molar refractivity (Wildman–Crippen MR) is 46.8 cm³/mol. The highest BCUT2D eigenvalue weighted by Crippen LogP contribution is 2.23. The Hall–Kier alpha value is -0.0231. The van der Waals surface area contributed by atoms with Crippen molar-refractivity contribution in [3.63, 3.8) is 0 Å². The summed E-state index contributed by atoms with van der Waals surface area (Å²) >= 11 is 0. The molecule has 0 aromatic carbocycles. The van der Waals surface area contributed by atoms with Gasteiger partial charge < -0.3 is 8.61 Å². The molecule has 0 aromatic rings. The summed E-state index contributed by atoms with van der Waals surface area (Å²) in [5.74, 6) is 0. The van der Waals surface area contributed by atoms with Crippen LogP contribution in [0.15, 0.2) is 0 Å². The lowest BCUT2D eigenvalue weighted by atomic mass is 9.95. The van der Waals surface area contributed by atoms with Crippen molar-refractivity contribution in [3.05, 3.63) is 0 Å². The van der Waals surface area contributed by atoms with Crippen LogP contribution in [-0.4, -0.2) is 33.9 Å². The third-order valence-electron chi connectivity index (χ3n) is 2.79. The van der Waals surface area contributed by atoms with Crippen molar-refractivity contribution < 1.29 is 8.61 Å². The summed E-state index contributed by atoms with van der Waals surface area (Å²) in [6, 6.07) is 0.677. The van der Waals surface area contributed by atoms with Gasteiger partial charge in [-0.3, -0.25) is 0 Å². The Morgan fingerprint density at radius 1 is 1.18 bits per heavy atom. The van der Waals surface area contributed by atoms with Crippen LogP contribution in [0.3, 0.4) is 0 Å². The van der Waals surface area contributed by atoms with E-state index in [-0.39, 0.29) is 0 Å². The zero-order valence-electron chi connectivity index (χ0n) is 7.55. The van der Waals surface area contributed by atoms with Gasteiger partial charge in [0, 0.05) is 0 Å². The van der Waals surface area contributed by atoms with E-state index in [1.54, 1.807) is 0 Å². The van der Waals surface area contributed by atoms with Crippen molar-refractivity contribution in [3.8, 4) is 0 Å². The van der Waals surface area contributed by atoms with E-state index in [1.165, 1.54) is 32.1 Å². The molecule has 0 N–H and O–H groups in total. The first-order chi connectivity index (χ1) is 5.17. The Morgan fingerprint density at radius 2 is 1.73 bits per heavy atom. The normalized spacial score (nSPS) is 21.6. The fraction of sp³-hybridized carbons (Fsp3) is 1.00.